The molecule has 0 bridgehead atoms. The van der Waals surface area contributed by atoms with Crippen LogP contribution in [0, 0.1) is 6.92 Å². The fraction of sp³-hybridized carbons (Fsp3) is 0.400. The highest BCUT2D eigenvalue weighted by Crippen LogP contribution is 2.26. The molecule has 3 heterocycles. The first kappa shape index (κ1) is 16.2. The van der Waals surface area contributed by atoms with Crippen LogP contribution >= 0.6 is 0 Å². The van der Waals surface area contributed by atoms with E-state index in [1.807, 2.05) is 12.4 Å². The van der Waals surface area contributed by atoms with E-state index in [-0.39, 0.29) is 0 Å². The molecule has 4 rings (SSSR count). The summed E-state index contributed by atoms with van der Waals surface area (Å²) in [7, 11) is 0. The number of hydrogen-bond donors (Lipinski definition) is 1. The second-order valence-corrected chi connectivity index (χ2v) is 6.89. The van der Waals surface area contributed by atoms with Gasteiger partial charge in [0.05, 0.1) is 17.4 Å². The zero-order valence-electron chi connectivity index (χ0n) is 15.0. The van der Waals surface area contributed by atoms with Gasteiger partial charge >= 0.3 is 0 Å². The molecule has 0 amide bonds. The molecule has 1 fully saturated rings. The summed E-state index contributed by atoms with van der Waals surface area (Å²) in [5, 5.41) is 8.26. The van der Waals surface area contributed by atoms with Crippen molar-refractivity contribution in [3.63, 3.8) is 0 Å². The summed E-state index contributed by atoms with van der Waals surface area (Å²) in [4.78, 5) is 9.76. The number of nitrogens with one attached hydrogen (secondary N) is 1. The topological polar surface area (TPSA) is 48.0 Å². The molecule has 130 valence electrons. The van der Waals surface area contributed by atoms with Crippen LogP contribution in [0.15, 0.2) is 36.7 Å². The largest absolute Gasteiger partial charge is 0.301 e. The highest BCUT2D eigenvalue weighted by Gasteiger charge is 2.15. The lowest BCUT2D eigenvalue weighted by Gasteiger charge is -2.33. The van der Waals surface area contributed by atoms with Crippen molar-refractivity contribution in [1.29, 1.82) is 0 Å². The second-order valence-electron chi connectivity index (χ2n) is 6.89. The van der Waals surface area contributed by atoms with E-state index >= 15 is 0 Å². The van der Waals surface area contributed by atoms with Gasteiger partial charge in [0, 0.05) is 49.9 Å². The summed E-state index contributed by atoms with van der Waals surface area (Å²) >= 11 is 0. The van der Waals surface area contributed by atoms with Gasteiger partial charge in [-0.25, -0.2) is 0 Å². The molecule has 0 aliphatic carbocycles. The molecule has 0 saturated carbocycles. The summed E-state index contributed by atoms with van der Waals surface area (Å²) < 4.78 is 0. The van der Waals surface area contributed by atoms with E-state index in [1.165, 1.54) is 29.8 Å². The zero-order valence-corrected chi connectivity index (χ0v) is 15.0. The van der Waals surface area contributed by atoms with E-state index in [0.29, 0.717) is 0 Å². The zero-order chi connectivity index (χ0) is 17.2. The molecule has 0 unspecified atom stereocenters. The summed E-state index contributed by atoms with van der Waals surface area (Å²) in [6.45, 7) is 11.1. The molecule has 0 spiro atoms. The van der Waals surface area contributed by atoms with Crippen molar-refractivity contribution in [1.82, 2.24) is 25.0 Å². The number of likely N-dealkylation sites (N-methyl/N-ethyl adjacent to an activating group) is 1. The molecule has 5 heteroatoms. The number of H-pyrrole nitrogens is 1. The molecule has 1 aliphatic rings. The maximum absolute atomic E-state index is 4.73. The van der Waals surface area contributed by atoms with Crippen LogP contribution in [0.3, 0.4) is 0 Å². The fourth-order valence-corrected chi connectivity index (χ4v) is 3.57. The van der Waals surface area contributed by atoms with Crippen molar-refractivity contribution < 1.29 is 0 Å². The third-order valence-electron chi connectivity index (χ3n) is 5.20. The Morgan fingerprint density at radius 2 is 1.84 bits per heavy atom. The van der Waals surface area contributed by atoms with Gasteiger partial charge in [0.1, 0.15) is 0 Å². The summed E-state index contributed by atoms with van der Waals surface area (Å²) in [5.74, 6) is 0. The number of fused-ring (bicyclic) bond motifs is 1. The van der Waals surface area contributed by atoms with Crippen molar-refractivity contribution in [2.75, 3.05) is 32.7 Å². The number of aromatic amines is 1. The van der Waals surface area contributed by atoms with E-state index in [4.69, 9.17) is 4.98 Å². The molecule has 1 N–H and O–H groups in total. The Morgan fingerprint density at radius 3 is 2.56 bits per heavy atom. The van der Waals surface area contributed by atoms with Crippen LogP contribution in [0.25, 0.3) is 22.2 Å². The van der Waals surface area contributed by atoms with Crippen LogP contribution in [0.1, 0.15) is 18.1 Å². The minimum atomic E-state index is 0.991. The van der Waals surface area contributed by atoms with Crippen LogP contribution in [0.5, 0.6) is 0 Å². The average molecular weight is 335 g/mol. The molecule has 1 aliphatic heterocycles. The standard InChI is InChI=1S/C20H25N5/c1-3-24-6-8-25(9-7-24)14-16-4-5-19(21-12-16)18-11-17-13-22-23-20(17)10-15(18)2/h4-5,10-13H,3,6-9,14H2,1-2H3,(H,22,23). The first-order valence-corrected chi connectivity index (χ1v) is 9.06. The summed E-state index contributed by atoms with van der Waals surface area (Å²) in [6.07, 6.45) is 3.89. The molecule has 0 atom stereocenters. The number of benzene rings is 1. The lowest BCUT2D eigenvalue weighted by molar-refractivity contribution is 0.132. The highest BCUT2D eigenvalue weighted by molar-refractivity contribution is 5.85. The van der Waals surface area contributed by atoms with Crippen molar-refractivity contribution in [3.05, 3.63) is 47.8 Å². The number of rotatable bonds is 4. The van der Waals surface area contributed by atoms with Crippen LogP contribution in [-0.2, 0) is 6.54 Å². The Balaban J connectivity index is 1.49. The molecular formula is C20H25N5. The van der Waals surface area contributed by atoms with Crippen LogP contribution in [0.2, 0.25) is 0 Å². The maximum atomic E-state index is 4.73. The van der Waals surface area contributed by atoms with Gasteiger partial charge in [0.15, 0.2) is 0 Å². The molecular weight excluding hydrogens is 310 g/mol. The summed E-state index contributed by atoms with van der Waals surface area (Å²) in [6, 6.07) is 8.67. The maximum Gasteiger partial charge on any atom is 0.0705 e. The number of pyridine rings is 1. The minimum Gasteiger partial charge on any atom is -0.301 e. The average Bonchev–Trinajstić information content (AvgIpc) is 3.09. The Kier molecular flexibility index (Phi) is 4.51. The number of hydrogen-bond acceptors (Lipinski definition) is 4. The van der Waals surface area contributed by atoms with Crippen molar-refractivity contribution in [2.45, 2.75) is 20.4 Å². The van der Waals surface area contributed by atoms with E-state index in [1.54, 1.807) is 0 Å². The normalized spacial score (nSPS) is 16.6. The highest BCUT2D eigenvalue weighted by atomic mass is 15.3. The van der Waals surface area contributed by atoms with Gasteiger partial charge < -0.3 is 4.90 Å². The summed E-state index contributed by atoms with van der Waals surface area (Å²) in [5.41, 5.74) is 5.78. The lowest BCUT2D eigenvalue weighted by atomic mass is 10.0. The number of aryl methyl sites for hydroxylation is 1. The predicted octanol–water partition coefficient (Wildman–Crippen LogP) is 3.07. The van der Waals surface area contributed by atoms with E-state index in [9.17, 15) is 0 Å². The Bertz CT molecular complexity index is 844. The Labute approximate surface area is 148 Å². The Morgan fingerprint density at radius 1 is 1.04 bits per heavy atom. The van der Waals surface area contributed by atoms with E-state index in [2.05, 4.69) is 58.1 Å². The minimum absolute atomic E-state index is 0.991. The molecule has 1 aromatic carbocycles. The second kappa shape index (κ2) is 6.94. The van der Waals surface area contributed by atoms with Gasteiger partial charge in [-0.05, 0) is 42.8 Å². The molecule has 0 radical (unpaired) electrons. The van der Waals surface area contributed by atoms with Gasteiger partial charge in [-0.2, -0.15) is 5.10 Å². The third kappa shape index (κ3) is 3.43. The van der Waals surface area contributed by atoms with Gasteiger partial charge in [-0.1, -0.05) is 13.0 Å². The van der Waals surface area contributed by atoms with Gasteiger partial charge in [-0.3, -0.25) is 15.0 Å². The first-order valence-electron chi connectivity index (χ1n) is 9.06. The van der Waals surface area contributed by atoms with Crippen LogP contribution in [0.4, 0.5) is 0 Å². The van der Waals surface area contributed by atoms with Crippen LogP contribution in [-0.4, -0.2) is 57.7 Å². The van der Waals surface area contributed by atoms with Crippen molar-refractivity contribution in [3.8, 4) is 11.3 Å². The van der Waals surface area contributed by atoms with E-state index in [0.717, 1.165) is 42.8 Å². The van der Waals surface area contributed by atoms with Gasteiger partial charge in [0.2, 0.25) is 0 Å². The third-order valence-corrected chi connectivity index (χ3v) is 5.20. The Hall–Kier alpha value is -2.24. The van der Waals surface area contributed by atoms with Gasteiger partial charge in [0.25, 0.3) is 0 Å². The molecule has 5 nitrogen and oxygen atoms in total. The molecule has 1 saturated heterocycles. The van der Waals surface area contributed by atoms with Crippen LogP contribution < -0.4 is 0 Å². The molecule has 25 heavy (non-hydrogen) atoms. The quantitative estimate of drug-likeness (QED) is 0.796. The van der Waals surface area contributed by atoms with Gasteiger partial charge in [-0.15, -0.1) is 0 Å². The lowest BCUT2D eigenvalue weighted by Crippen LogP contribution is -2.45. The molecule has 2 aromatic heterocycles. The number of piperazine rings is 1. The predicted molar refractivity (Wildman–Crippen MR) is 101 cm³/mol. The monoisotopic (exact) mass is 335 g/mol. The smallest absolute Gasteiger partial charge is 0.0705 e. The SMILES string of the molecule is CCN1CCN(Cc2ccc(-c3cc4cn[nH]c4cc3C)nc2)CC1. The fourth-order valence-electron chi connectivity index (χ4n) is 3.57. The number of aromatic nitrogens is 3. The first-order chi connectivity index (χ1) is 12.2. The van der Waals surface area contributed by atoms with Crippen molar-refractivity contribution in [2.24, 2.45) is 0 Å². The number of nitrogens with zero attached hydrogens (tertiary/aromatic N) is 4. The van der Waals surface area contributed by atoms with Crippen molar-refractivity contribution >= 4 is 10.9 Å². The van der Waals surface area contributed by atoms with E-state index < -0.39 is 0 Å². The molecule has 3 aromatic rings.